The summed E-state index contributed by atoms with van der Waals surface area (Å²) in [5.74, 6) is 0.584. The molecule has 1 heterocycles. The van der Waals surface area contributed by atoms with Gasteiger partial charge in [-0.1, -0.05) is 6.92 Å². The van der Waals surface area contributed by atoms with Crippen LogP contribution >= 0.6 is 0 Å². The van der Waals surface area contributed by atoms with Crippen LogP contribution in [0, 0.1) is 0 Å². The van der Waals surface area contributed by atoms with E-state index in [4.69, 9.17) is 15.2 Å². The van der Waals surface area contributed by atoms with Gasteiger partial charge in [0.15, 0.2) is 0 Å². The Labute approximate surface area is 125 Å². The molecule has 6 nitrogen and oxygen atoms in total. The summed E-state index contributed by atoms with van der Waals surface area (Å²) in [6.07, 6.45) is 0.806. The molecule has 118 valence electrons. The van der Waals surface area contributed by atoms with Gasteiger partial charge in [-0.2, -0.15) is 4.31 Å². The molecule has 1 aromatic carbocycles. The predicted octanol–water partition coefficient (Wildman–Crippen LogP) is 1.09. The summed E-state index contributed by atoms with van der Waals surface area (Å²) in [7, 11) is -3.30. The van der Waals surface area contributed by atoms with Gasteiger partial charge >= 0.3 is 0 Å². The number of rotatable bonds is 6. The molecule has 0 amide bonds. The average molecular weight is 314 g/mol. The molecule has 21 heavy (non-hydrogen) atoms. The summed E-state index contributed by atoms with van der Waals surface area (Å²) in [5.41, 5.74) is 6.23. The molecule has 1 saturated heterocycles. The van der Waals surface area contributed by atoms with Gasteiger partial charge in [-0.15, -0.1) is 0 Å². The molecule has 0 aromatic heterocycles. The first-order valence-electron chi connectivity index (χ1n) is 7.09. The van der Waals surface area contributed by atoms with Crippen LogP contribution in [0.3, 0.4) is 0 Å². The van der Waals surface area contributed by atoms with Crippen LogP contribution in [-0.2, 0) is 14.8 Å². The highest BCUT2D eigenvalue weighted by Crippen LogP contribution is 2.15. The minimum Gasteiger partial charge on any atom is -0.492 e. The largest absolute Gasteiger partial charge is 0.492 e. The first-order chi connectivity index (χ1) is 10.0. The number of nitrogens with two attached hydrogens (primary N) is 1. The third-order valence-corrected chi connectivity index (χ3v) is 5.24. The van der Waals surface area contributed by atoms with Crippen molar-refractivity contribution < 1.29 is 17.9 Å². The number of ether oxygens (including phenoxy) is 2. The molecule has 1 unspecified atom stereocenters. The van der Waals surface area contributed by atoms with Crippen molar-refractivity contribution in [1.29, 1.82) is 0 Å². The molecular weight excluding hydrogens is 292 g/mol. The minimum atomic E-state index is -3.30. The van der Waals surface area contributed by atoms with Gasteiger partial charge in [0.2, 0.25) is 10.0 Å². The average Bonchev–Trinajstić information content (AvgIpc) is 2.49. The van der Waals surface area contributed by atoms with Gasteiger partial charge in [0.05, 0.1) is 18.5 Å². The molecule has 0 bridgehead atoms. The zero-order valence-electron chi connectivity index (χ0n) is 12.2. The van der Waals surface area contributed by atoms with E-state index in [1.54, 1.807) is 24.3 Å². The third-order valence-electron chi connectivity index (χ3n) is 3.44. The molecule has 0 spiro atoms. The summed E-state index contributed by atoms with van der Waals surface area (Å²) < 4.78 is 37.0. The zero-order chi connectivity index (χ0) is 15.3. The second-order valence-electron chi connectivity index (χ2n) is 4.99. The smallest absolute Gasteiger partial charge is 0.217 e. The first kappa shape index (κ1) is 16.1. The predicted molar refractivity (Wildman–Crippen MR) is 81.7 cm³/mol. The van der Waals surface area contributed by atoms with E-state index in [-0.39, 0.29) is 18.5 Å². The van der Waals surface area contributed by atoms with E-state index in [2.05, 4.69) is 0 Å². The van der Waals surface area contributed by atoms with Crippen LogP contribution < -0.4 is 10.5 Å². The van der Waals surface area contributed by atoms with E-state index in [0.717, 1.165) is 6.42 Å². The Balaban J connectivity index is 1.84. The molecule has 1 aliphatic heterocycles. The minimum absolute atomic E-state index is 0.00783. The Morgan fingerprint density at radius 3 is 2.76 bits per heavy atom. The maximum Gasteiger partial charge on any atom is 0.217 e. The number of benzene rings is 1. The summed E-state index contributed by atoms with van der Waals surface area (Å²) >= 11 is 0. The van der Waals surface area contributed by atoms with Gasteiger partial charge < -0.3 is 15.2 Å². The van der Waals surface area contributed by atoms with Crippen molar-refractivity contribution in [3.63, 3.8) is 0 Å². The number of nitrogens with zero attached hydrogens (tertiary/aromatic N) is 1. The summed E-state index contributed by atoms with van der Waals surface area (Å²) in [5, 5.41) is 0. The second-order valence-corrected chi connectivity index (χ2v) is 7.08. The van der Waals surface area contributed by atoms with Gasteiger partial charge in [-0.25, -0.2) is 8.42 Å². The molecule has 7 heteroatoms. The van der Waals surface area contributed by atoms with Crippen molar-refractivity contribution in [2.45, 2.75) is 19.4 Å². The topological polar surface area (TPSA) is 81.9 Å². The van der Waals surface area contributed by atoms with Crippen molar-refractivity contribution >= 4 is 15.7 Å². The van der Waals surface area contributed by atoms with Gasteiger partial charge in [0.25, 0.3) is 0 Å². The van der Waals surface area contributed by atoms with E-state index in [9.17, 15) is 8.42 Å². The summed E-state index contributed by atoms with van der Waals surface area (Å²) in [6.45, 7) is 3.42. The van der Waals surface area contributed by atoms with E-state index < -0.39 is 10.0 Å². The fourth-order valence-electron chi connectivity index (χ4n) is 2.15. The molecule has 0 aliphatic carbocycles. The number of hydrogen-bond acceptors (Lipinski definition) is 5. The summed E-state index contributed by atoms with van der Waals surface area (Å²) in [6, 6.07) is 6.89. The van der Waals surface area contributed by atoms with E-state index in [1.807, 2.05) is 6.92 Å². The molecule has 1 aromatic rings. The molecule has 1 fully saturated rings. The number of morpholine rings is 1. The van der Waals surface area contributed by atoms with Crippen LogP contribution in [0.1, 0.15) is 13.3 Å². The zero-order valence-corrected chi connectivity index (χ0v) is 13.0. The molecule has 1 aliphatic rings. The Bertz CT molecular complexity index is 545. The molecule has 2 N–H and O–H groups in total. The summed E-state index contributed by atoms with van der Waals surface area (Å²) in [4.78, 5) is 0. The Kier molecular flexibility index (Phi) is 5.44. The Morgan fingerprint density at radius 2 is 2.10 bits per heavy atom. The highest BCUT2D eigenvalue weighted by atomic mass is 32.2. The van der Waals surface area contributed by atoms with Gasteiger partial charge in [-0.3, -0.25) is 0 Å². The molecule has 2 rings (SSSR count). The maximum atomic E-state index is 12.3. The van der Waals surface area contributed by atoms with E-state index >= 15 is 0 Å². The van der Waals surface area contributed by atoms with Gasteiger partial charge in [0, 0.05) is 18.8 Å². The highest BCUT2D eigenvalue weighted by molar-refractivity contribution is 7.89. The maximum absolute atomic E-state index is 12.3. The molecule has 1 atom stereocenters. The molecule has 0 saturated carbocycles. The quantitative estimate of drug-likeness (QED) is 0.795. The fourth-order valence-corrected chi connectivity index (χ4v) is 3.45. The van der Waals surface area contributed by atoms with Crippen LogP contribution in [-0.4, -0.2) is 50.9 Å². The second kappa shape index (κ2) is 7.11. The fraction of sp³-hybridized carbons (Fsp3) is 0.571. The van der Waals surface area contributed by atoms with Crippen LogP contribution in [0.4, 0.5) is 5.69 Å². The van der Waals surface area contributed by atoms with Crippen molar-refractivity contribution in [3.05, 3.63) is 24.3 Å². The van der Waals surface area contributed by atoms with E-state index in [0.29, 0.717) is 31.1 Å². The monoisotopic (exact) mass is 314 g/mol. The van der Waals surface area contributed by atoms with Crippen molar-refractivity contribution in [3.8, 4) is 5.75 Å². The lowest BCUT2D eigenvalue weighted by molar-refractivity contribution is -0.00283. The normalized spacial score (nSPS) is 20.3. The van der Waals surface area contributed by atoms with Crippen LogP contribution in [0.25, 0.3) is 0 Å². The highest BCUT2D eigenvalue weighted by Gasteiger charge is 2.28. The lowest BCUT2D eigenvalue weighted by atomic mass is 10.2. The van der Waals surface area contributed by atoms with Crippen molar-refractivity contribution in [1.82, 2.24) is 4.31 Å². The SMILES string of the molecule is CCC1CN(S(=O)(=O)CCOc2ccc(N)cc2)CCO1. The van der Waals surface area contributed by atoms with Gasteiger partial charge in [0.1, 0.15) is 12.4 Å². The van der Waals surface area contributed by atoms with Crippen LogP contribution in [0.2, 0.25) is 0 Å². The standard InChI is InChI=1S/C14H22N2O4S/c1-2-13-11-16(7-8-19-13)21(17,18)10-9-20-14-5-3-12(15)4-6-14/h3-6,13H,2,7-11,15H2,1H3. The number of nitrogen functional groups attached to an aromatic ring is 1. The number of sulfonamides is 1. The number of hydrogen-bond donors (Lipinski definition) is 1. The lowest BCUT2D eigenvalue weighted by Crippen LogP contribution is -2.46. The van der Waals surface area contributed by atoms with Crippen molar-refractivity contribution in [2.24, 2.45) is 0 Å². The third kappa shape index (κ3) is 4.59. The van der Waals surface area contributed by atoms with E-state index in [1.165, 1.54) is 4.31 Å². The lowest BCUT2D eigenvalue weighted by Gasteiger charge is -2.31. The number of anilines is 1. The first-order valence-corrected chi connectivity index (χ1v) is 8.70. The van der Waals surface area contributed by atoms with Crippen LogP contribution in [0.15, 0.2) is 24.3 Å². The van der Waals surface area contributed by atoms with Crippen molar-refractivity contribution in [2.75, 3.05) is 37.8 Å². The van der Waals surface area contributed by atoms with Gasteiger partial charge in [-0.05, 0) is 30.7 Å². The Hall–Kier alpha value is -1.31. The molecule has 0 radical (unpaired) electrons. The molecular formula is C14H22N2O4S. The van der Waals surface area contributed by atoms with Crippen LogP contribution in [0.5, 0.6) is 5.75 Å². The Morgan fingerprint density at radius 1 is 1.38 bits per heavy atom.